The van der Waals surface area contributed by atoms with E-state index < -0.39 is 0 Å². The van der Waals surface area contributed by atoms with Gasteiger partial charge in [0.2, 0.25) is 0 Å². The molecule has 12 heavy (non-hydrogen) atoms. The average molecular weight is 160 g/mol. The molecule has 0 fully saturated rings. The minimum atomic E-state index is 0.791. The Bertz CT molecular complexity index is 311. The molecule has 62 valence electrons. The van der Waals surface area contributed by atoms with Crippen molar-refractivity contribution in [1.82, 2.24) is 0 Å². The van der Waals surface area contributed by atoms with Gasteiger partial charge in [0, 0.05) is 0 Å². The van der Waals surface area contributed by atoms with Crippen molar-refractivity contribution < 1.29 is 4.79 Å². The molecular formula is C11H12O. The highest BCUT2D eigenvalue weighted by atomic mass is 16.1. The normalized spacial score (nSPS) is 10.5. The van der Waals surface area contributed by atoms with Crippen LogP contribution in [0.15, 0.2) is 24.3 Å². The lowest BCUT2D eigenvalue weighted by Crippen LogP contribution is -1.81. The summed E-state index contributed by atoms with van der Waals surface area (Å²) in [7, 11) is 0. The molecule has 0 bridgehead atoms. The van der Waals surface area contributed by atoms with Crippen molar-refractivity contribution in [2.75, 3.05) is 0 Å². The Balaban J connectivity index is 3.01. The van der Waals surface area contributed by atoms with Crippen LogP contribution in [0.4, 0.5) is 0 Å². The van der Waals surface area contributed by atoms with Gasteiger partial charge < -0.3 is 0 Å². The molecule has 0 unspecified atom stereocenters. The molecule has 1 nitrogen and oxygen atoms in total. The molecule has 1 aromatic carbocycles. The monoisotopic (exact) mass is 160 g/mol. The van der Waals surface area contributed by atoms with Crippen LogP contribution in [0.25, 0.3) is 6.08 Å². The first-order valence-electron chi connectivity index (χ1n) is 3.93. The molecule has 0 saturated carbocycles. The summed E-state index contributed by atoms with van der Waals surface area (Å²) in [5.41, 5.74) is 3.55. The second kappa shape index (κ2) is 3.86. The van der Waals surface area contributed by atoms with E-state index in [1.165, 1.54) is 17.2 Å². The van der Waals surface area contributed by atoms with Gasteiger partial charge in [0.15, 0.2) is 0 Å². The van der Waals surface area contributed by atoms with Gasteiger partial charge in [-0.25, -0.2) is 0 Å². The summed E-state index contributed by atoms with van der Waals surface area (Å²) in [5.74, 6) is 0. The maximum Gasteiger partial charge on any atom is 0.142 e. The molecule has 1 rings (SSSR count). The number of carbonyl (C=O) groups is 1. The molecule has 0 radical (unpaired) electrons. The first-order valence-corrected chi connectivity index (χ1v) is 3.93. The van der Waals surface area contributed by atoms with Crippen LogP contribution in [0.1, 0.15) is 16.7 Å². The molecule has 0 saturated heterocycles. The number of rotatable bonds is 2. The Hall–Kier alpha value is -1.37. The molecule has 1 heteroatoms. The Labute approximate surface area is 72.7 Å². The van der Waals surface area contributed by atoms with Crippen LogP contribution < -0.4 is 0 Å². The van der Waals surface area contributed by atoms with E-state index in [4.69, 9.17) is 0 Å². The highest BCUT2D eigenvalue weighted by molar-refractivity contribution is 5.74. The zero-order chi connectivity index (χ0) is 8.97. The fourth-order valence-electron chi connectivity index (χ4n) is 1.16. The van der Waals surface area contributed by atoms with Crippen molar-refractivity contribution in [1.29, 1.82) is 0 Å². The van der Waals surface area contributed by atoms with Crippen LogP contribution in [0, 0.1) is 13.8 Å². The van der Waals surface area contributed by atoms with E-state index in [0.717, 1.165) is 11.8 Å². The second-order valence-electron chi connectivity index (χ2n) is 2.86. The van der Waals surface area contributed by atoms with Crippen LogP contribution in [0.5, 0.6) is 0 Å². The molecule has 1 aromatic rings. The third kappa shape index (κ3) is 2.06. The summed E-state index contributed by atoms with van der Waals surface area (Å²) in [6, 6.07) is 6.16. The number of aryl methyl sites for hydroxylation is 2. The van der Waals surface area contributed by atoms with E-state index in [-0.39, 0.29) is 0 Å². The fraction of sp³-hybridized carbons (Fsp3) is 0.182. The number of aldehydes is 1. The number of hydrogen-bond donors (Lipinski definition) is 0. The van der Waals surface area contributed by atoms with Crippen LogP contribution in [-0.2, 0) is 4.79 Å². The number of hydrogen-bond acceptors (Lipinski definition) is 1. The predicted octanol–water partition coefficient (Wildman–Crippen LogP) is 2.52. The quantitative estimate of drug-likeness (QED) is 0.480. The van der Waals surface area contributed by atoms with Gasteiger partial charge >= 0.3 is 0 Å². The first-order chi connectivity index (χ1) is 5.74. The fourth-order valence-corrected chi connectivity index (χ4v) is 1.16. The topological polar surface area (TPSA) is 17.1 Å². The van der Waals surface area contributed by atoms with E-state index >= 15 is 0 Å². The molecule has 0 aliphatic carbocycles. The zero-order valence-corrected chi connectivity index (χ0v) is 7.37. The number of carbonyl (C=O) groups excluding carboxylic acids is 1. The van der Waals surface area contributed by atoms with Crippen LogP contribution >= 0.6 is 0 Å². The molecule has 0 aliphatic heterocycles. The van der Waals surface area contributed by atoms with Crippen LogP contribution in [0.3, 0.4) is 0 Å². The smallest absolute Gasteiger partial charge is 0.142 e. The lowest BCUT2D eigenvalue weighted by atomic mass is 10.1. The van der Waals surface area contributed by atoms with Gasteiger partial charge in [0.1, 0.15) is 6.29 Å². The Morgan fingerprint density at radius 2 is 2.00 bits per heavy atom. The predicted molar refractivity (Wildman–Crippen MR) is 51.0 cm³/mol. The minimum Gasteiger partial charge on any atom is -0.299 e. The maximum absolute atomic E-state index is 10.1. The van der Waals surface area contributed by atoms with Gasteiger partial charge in [-0.15, -0.1) is 0 Å². The van der Waals surface area contributed by atoms with Gasteiger partial charge in [-0.05, 0) is 31.1 Å². The molecular weight excluding hydrogens is 148 g/mol. The van der Waals surface area contributed by atoms with E-state index in [2.05, 4.69) is 13.0 Å². The van der Waals surface area contributed by atoms with Crippen LogP contribution in [0.2, 0.25) is 0 Å². The molecule has 0 aromatic heterocycles. The summed E-state index contributed by atoms with van der Waals surface area (Å²) in [6.45, 7) is 4.09. The summed E-state index contributed by atoms with van der Waals surface area (Å²) >= 11 is 0. The standard InChI is InChI=1S/C11H12O/c1-9-5-6-11(4-3-7-12)10(2)8-9/h3-8H,1-2H3. The maximum atomic E-state index is 10.1. The number of benzene rings is 1. The highest BCUT2D eigenvalue weighted by Gasteiger charge is 1.92. The molecule has 0 amide bonds. The van der Waals surface area contributed by atoms with E-state index in [0.29, 0.717) is 0 Å². The summed E-state index contributed by atoms with van der Waals surface area (Å²) in [5, 5.41) is 0. The molecule has 0 N–H and O–H groups in total. The Kier molecular flexibility index (Phi) is 2.81. The Morgan fingerprint density at radius 1 is 1.25 bits per heavy atom. The molecule has 0 aliphatic rings. The van der Waals surface area contributed by atoms with Gasteiger partial charge in [0.25, 0.3) is 0 Å². The summed E-state index contributed by atoms with van der Waals surface area (Å²) < 4.78 is 0. The van der Waals surface area contributed by atoms with Crippen molar-refractivity contribution in [2.24, 2.45) is 0 Å². The van der Waals surface area contributed by atoms with Crippen molar-refractivity contribution in [3.63, 3.8) is 0 Å². The number of allylic oxidation sites excluding steroid dienone is 1. The van der Waals surface area contributed by atoms with E-state index in [1.807, 2.05) is 25.1 Å². The van der Waals surface area contributed by atoms with Gasteiger partial charge in [-0.2, -0.15) is 0 Å². The van der Waals surface area contributed by atoms with Crippen LogP contribution in [-0.4, -0.2) is 6.29 Å². The van der Waals surface area contributed by atoms with Crippen molar-refractivity contribution in [3.8, 4) is 0 Å². The Morgan fingerprint density at radius 3 is 2.58 bits per heavy atom. The lowest BCUT2D eigenvalue weighted by Gasteiger charge is -2.00. The van der Waals surface area contributed by atoms with Crippen molar-refractivity contribution >= 4 is 12.4 Å². The third-order valence-electron chi connectivity index (χ3n) is 1.78. The van der Waals surface area contributed by atoms with Crippen molar-refractivity contribution in [2.45, 2.75) is 13.8 Å². The largest absolute Gasteiger partial charge is 0.299 e. The lowest BCUT2D eigenvalue weighted by molar-refractivity contribution is -0.104. The van der Waals surface area contributed by atoms with Gasteiger partial charge in [-0.1, -0.05) is 29.8 Å². The summed E-state index contributed by atoms with van der Waals surface area (Å²) in [4.78, 5) is 10.1. The highest BCUT2D eigenvalue weighted by Crippen LogP contribution is 2.11. The SMILES string of the molecule is Cc1ccc(C=CC=O)c(C)c1. The molecule has 0 spiro atoms. The molecule has 0 atom stereocenters. The zero-order valence-electron chi connectivity index (χ0n) is 7.37. The van der Waals surface area contributed by atoms with Crippen molar-refractivity contribution in [3.05, 3.63) is 41.0 Å². The molecule has 0 heterocycles. The summed E-state index contributed by atoms with van der Waals surface area (Å²) in [6.07, 6.45) is 4.12. The van der Waals surface area contributed by atoms with E-state index in [1.54, 1.807) is 0 Å². The van der Waals surface area contributed by atoms with E-state index in [9.17, 15) is 4.79 Å². The van der Waals surface area contributed by atoms with Gasteiger partial charge in [0.05, 0.1) is 0 Å². The first kappa shape index (κ1) is 8.72. The minimum absolute atomic E-state index is 0.791. The third-order valence-corrected chi connectivity index (χ3v) is 1.78. The van der Waals surface area contributed by atoms with Gasteiger partial charge in [-0.3, -0.25) is 4.79 Å². The average Bonchev–Trinajstić information content (AvgIpc) is 2.03. The second-order valence-corrected chi connectivity index (χ2v) is 2.86.